The molecule has 18 heavy (non-hydrogen) atoms. The normalized spacial score (nSPS) is 15.7. The molecule has 8 nitrogen and oxygen atoms in total. The lowest BCUT2D eigenvalue weighted by Crippen LogP contribution is -2.50. The predicted molar refractivity (Wildman–Crippen MR) is 60.4 cm³/mol. The fourth-order valence-electron chi connectivity index (χ4n) is 1.91. The number of hydrogen-bond donors (Lipinski definition) is 0. The molecule has 2 aromatic heterocycles. The fourth-order valence-corrected chi connectivity index (χ4v) is 1.91. The molecule has 0 N–H and O–H groups in total. The van der Waals surface area contributed by atoms with Gasteiger partial charge in [-0.3, -0.25) is 4.79 Å². The third kappa shape index (κ3) is 1.96. The van der Waals surface area contributed by atoms with Gasteiger partial charge < -0.3 is 4.90 Å². The quantitative estimate of drug-likeness (QED) is 0.717. The summed E-state index contributed by atoms with van der Waals surface area (Å²) in [5.41, 5.74) is 0.812. The van der Waals surface area contributed by atoms with E-state index >= 15 is 0 Å². The molecule has 0 saturated carbocycles. The maximum Gasteiger partial charge on any atom is 0.219 e. The topological polar surface area (TPSA) is 81.7 Å². The van der Waals surface area contributed by atoms with Gasteiger partial charge in [-0.1, -0.05) is 5.21 Å². The zero-order chi connectivity index (χ0) is 12.5. The molecule has 2 aromatic rings. The van der Waals surface area contributed by atoms with Crippen molar-refractivity contribution in [3.05, 3.63) is 24.3 Å². The van der Waals surface area contributed by atoms with Gasteiger partial charge >= 0.3 is 0 Å². The average Bonchev–Trinajstić information content (AvgIpc) is 2.88. The van der Waals surface area contributed by atoms with Crippen LogP contribution in [0.2, 0.25) is 0 Å². The van der Waals surface area contributed by atoms with Gasteiger partial charge in [0.15, 0.2) is 0 Å². The minimum absolute atomic E-state index is 0.104. The van der Waals surface area contributed by atoms with Crippen LogP contribution in [0.5, 0.6) is 0 Å². The smallest absolute Gasteiger partial charge is 0.219 e. The Morgan fingerprint density at radius 1 is 1.39 bits per heavy atom. The number of hydrogen-bond acceptors (Lipinski definition) is 5. The second-order valence-electron chi connectivity index (χ2n) is 4.33. The molecule has 0 aromatic carbocycles. The van der Waals surface area contributed by atoms with Crippen molar-refractivity contribution in [1.82, 2.24) is 34.9 Å². The summed E-state index contributed by atoms with van der Waals surface area (Å²) in [6.45, 7) is 3.50. The maximum atomic E-state index is 11.1. The van der Waals surface area contributed by atoms with Crippen molar-refractivity contribution in [3.8, 4) is 0 Å². The van der Waals surface area contributed by atoms with Gasteiger partial charge in [-0.15, -0.1) is 5.10 Å². The van der Waals surface area contributed by atoms with Gasteiger partial charge in [0.2, 0.25) is 5.91 Å². The Hall–Kier alpha value is -2.25. The monoisotopic (exact) mass is 247 g/mol. The van der Waals surface area contributed by atoms with Crippen molar-refractivity contribution in [2.45, 2.75) is 19.5 Å². The Kier molecular flexibility index (Phi) is 2.54. The van der Waals surface area contributed by atoms with Crippen LogP contribution in [0.25, 0.3) is 0 Å². The first-order chi connectivity index (χ1) is 8.72. The lowest BCUT2D eigenvalue weighted by Gasteiger charge is -2.38. The first-order valence-corrected chi connectivity index (χ1v) is 5.72. The van der Waals surface area contributed by atoms with E-state index in [9.17, 15) is 4.79 Å². The molecule has 1 aliphatic heterocycles. The summed E-state index contributed by atoms with van der Waals surface area (Å²) in [6.07, 6.45) is 5.13. The Balaban J connectivity index is 1.62. The highest BCUT2D eigenvalue weighted by Crippen LogP contribution is 2.20. The minimum Gasteiger partial charge on any atom is -0.339 e. The van der Waals surface area contributed by atoms with Crippen LogP contribution in [0.3, 0.4) is 0 Å². The fraction of sp³-hybridized carbons (Fsp3) is 0.500. The Labute approximate surface area is 103 Å². The summed E-state index contributed by atoms with van der Waals surface area (Å²) < 4.78 is 1.80. The van der Waals surface area contributed by atoms with E-state index < -0.39 is 0 Å². The molecule has 94 valence electrons. The maximum absolute atomic E-state index is 11.1. The van der Waals surface area contributed by atoms with Crippen LogP contribution >= 0.6 is 0 Å². The largest absolute Gasteiger partial charge is 0.339 e. The zero-order valence-corrected chi connectivity index (χ0v) is 9.97. The summed E-state index contributed by atoms with van der Waals surface area (Å²) in [4.78, 5) is 14.4. The Bertz CT molecular complexity index is 540. The van der Waals surface area contributed by atoms with Crippen LogP contribution in [0.1, 0.15) is 18.7 Å². The molecule has 1 aliphatic rings. The molecule has 0 aliphatic carbocycles. The molecule has 0 unspecified atom stereocenters. The second-order valence-corrected chi connectivity index (χ2v) is 4.33. The molecule has 8 heteroatoms. The van der Waals surface area contributed by atoms with Crippen LogP contribution in [-0.4, -0.2) is 53.9 Å². The lowest BCUT2D eigenvalue weighted by molar-refractivity contribution is -0.134. The molecule has 1 fully saturated rings. The predicted octanol–water partition coefficient (Wildman–Crippen LogP) is -0.679. The number of aromatic nitrogens is 6. The highest BCUT2D eigenvalue weighted by atomic mass is 16.2. The average molecular weight is 247 g/mol. The lowest BCUT2D eigenvalue weighted by atomic mass is 10.1. The molecule has 0 spiro atoms. The first kappa shape index (κ1) is 10.9. The van der Waals surface area contributed by atoms with Gasteiger partial charge in [-0.2, -0.15) is 15.0 Å². The zero-order valence-electron chi connectivity index (χ0n) is 9.97. The third-order valence-corrected chi connectivity index (χ3v) is 3.01. The van der Waals surface area contributed by atoms with Gasteiger partial charge in [0, 0.05) is 20.0 Å². The number of carbonyl (C=O) groups is 1. The van der Waals surface area contributed by atoms with Crippen molar-refractivity contribution in [3.63, 3.8) is 0 Å². The van der Waals surface area contributed by atoms with Crippen LogP contribution in [-0.2, 0) is 11.3 Å². The standard InChI is InChI=1S/C10H13N7O/c1-8(18)15-6-10(7-15)16-4-9(13-14-16)5-17-11-2-3-12-17/h2-4,10H,5-7H2,1H3. The van der Waals surface area contributed by atoms with E-state index in [4.69, 9.17) is 0 Å². The van der Waals surface area contributed by atoms with E-state index in [1.807, 2.05) is 6.20 Å². The van der Waals surface area contributed by atoms with Gasteiger partial charge in [0.05, 0.1) is 24.6 Å². The van der Waals surface area contributed by atoms with Gasteiger partial charge in [0.1, 0.15) is 12.2 Å². The van der Waals surface area contributed by atoms with Crippen molar-refractivity contribution in [1.29, 1.82) is 0 Å². The number of likely N-dealkylation sites (tertiary alicyclic amines) is 1. The van der Waals surface area contributed by atoms with Crippen LogP contribution < -0.4 is 0 Å². The summed E-state index contributed by atoms with van der Waals surface area (Å²) in [6, 6.07) is 0.237. The third-order valence-electron chi connectivity index (χ3n) is 3.01. The van der Waals surface area contributed by atoms with Gasteiger partial charge in [-0.05, 0) is 0 Å². The van der Waals surface area contributed by atoms with E-state index in [1.165, 1.54) is 0 Å². The van der Waals surface area contributed by atoms with Crippen molar-refractivity contribution >= 4 is 5.91 Å². The van der Waals surface area contributed by atoms with E-state index in [0.717, 1.165) is 5.69 Å². The summed E-state index contributed by atoms with van der Waals surface area (Å²) in [7, 11) is 0. The van der Waals surface area contributed by atoms with Crippen molar-refractivity contribution in [2.75, 3.05) is 13.1 Å². The van der Waals surface area contributed by atoms with Crippen LogP contribution in [0, 0.1) is 0 Å². The number of amides is 1. The Morgan fingerprint density at radius 2 is 2.11 bits per heavy atom. The van der Waals surface area contributed by atoms with Gasteiger partial charge in [-0.25, -0.2) is 4.68 Å². The highest BCUT2D eigenvalue weighted by Gasteiger charge is 2.30. The van der Waals surface area contributed by atoms with Crippen molar-refractivity contribution < 1.29 is 4.79 Å². The molecule has 0 radical (unpaired) electrons. The van der Waals surface area contributed by atoms with Crippen LogP contribution in [0.4, 0.5) is 0 Å². The molecule has 1 amide bonds. The number of rotatable bonds is 3. The summed E-state index contributed by atoms with van der Waals surface area (Å²) in [5.74, 6) is 0.104. The Morgan fingerprint density at radius 3 is 2.78 bits per heavy atom. The summed E-state index contributed by atoms with van der Waals surface area (Å²) >= 11 is 0. The molecule has 1 saturated heterocycles. The second kappa shape index (κ2) is 4.21. The van der Waals surface area contributed by atoms with Gasteiger partial charge in [0.25, 0.3) is 0 Å². The summed E-state index contributed by atoms with van der Waals surface area (Å²) in [5, 5.41) is 16.2. The highest BCUT2D eigenvalue weighted by molar-refractivity contribution is 5.74. The molecule has 0 bridgehead atoms. The molecule has 3 rings (SSSR count). The first-order valence-electron chi connectivity index (χ1n) is 5.72. The van der Waals surface area contributed by atoms with E-state index in [0.29, 0.717) is 19.6 Å². The molecular weight excluding hydrogens is 234 g/mol. The SMILES string of the molecule is CC(=O)N1CC(n2cc(Cn3nccn3)nn2)C1. The molecule has 0 atom stereocenters. The molecule has 3 heterocycles. The number of nitrogens with zero attached hydrogens (tertiary/aromatic N) is 7. The van der Waals surface area contributed by atoms with Crippen molar-refractivity contribution in [2.24, 2.45) is 0 Å². The number of carbonyl (C=O) groups excluding carboxylic acids is 1. The van der Waals surface area contributed by atoms with E-state index in [2.05, 4.69) is 20.5 Å². The molecular formula is C10H13N7O. The van der Waals surface area contributed by atoms with Crippen LogP contribution in [0.15, 0.2) is 18.6 Å². The van der Waals surface area contributed by atoms with E-state index in [-0.39, 0.29) is 11.9 Å². The minimum atomic E-state index is 0.104. The van der Waals surface area contributed by atoms with E-state index in [1.54, 1.807) is 33.7 Å².